The van der Waals surface area contributed by atoms with Crippen LogP contribution in [0, 0.1) is 6.92 Å². The SMILES string of the molecule is Cc1ccncc1CN(c1ccc(Oc2cccnc2)cc1)C1CCN(C(C)CC(N)=O)CC1. The summed E-state index contributed by atoms with van der Waals surface area (Å²) in [5, 5.41) is 0. The van der Waals surface area contributed by atoms with E-state index in [4.69, 9.17) is 10.5 Å². The number of amides is 1. The third kappa shape index (κ3) is 6.11. The van der Waals surface area contributed by atoms with Crippen LogP contribution in [0.25, 0.3) is 0 Å². The number of carbonyl (C=O) groups excluding carboxylic acids is 1. The number of nitrogens with zero attached hydrogens (tertiary/aromatic N) is 4. The number of piperidine rings is 1. The van der Waals surface area contributed by atoms with E-state index < -0.39 is 0 Å². The Morgan fingerprint density at radius 1 is 1.09 bits per heavy atom. The highest BCUT2D eigenvalue weighted by atomic mass is 16.5. The van der Waals surface area contributed by atoms with Crippen molar-refractivity contribution in [1.29, 1.82) is 0 Å². The Hall–Kier alpha value is -3.45. The van der Waals surface area contributed by atoms with Crippen molar-refractivity contribution in [1.82, 2.24) is 14.9 Å². The van der Waals surface area contributed by atoms with Crippen molar-refractivity contribution in [3.63, 3.8) is 0 Å². The van der Waals surface area contributed by atoms with Crippen LogP contribution in [0.1, 0.15) is 37.3 Å². The molecule has 1 aliphatic heterocycles. The van der Waals surface area contributed by atoms with Crippen molar-refractivity contribution in [2.45, 2.75) is 51.7 Å². The molecule has 34 heavy (non-hydrogen) atoms. The van der Waals surface area contributed by atoms with Gasteiger partial charge in [-0.1, -0.05) is 0 Å². The number of anilines is 1. The molecular formula is C27H33N5O2. The van der Waals surface area contributed by atoms with Gasteiger partial charge >= 0.3 is 0 Å². The Bertz CT molecular complexity index is 1070. The second-order valence-electron chi connectivity index (χ2n) is 9.00. The van der Waals surface area contributed by atoms with E-state index in [0.717, 1.165) is 49.7 Å². The topological polar surface area (TPSA) is 84.6 Å². The van der Waals surface area contributed by atoms with Crippen LogP contribution in [0.4, 0.5) is 5.69 Å². The second-order valence-corrected chi connectivity index (χ2v) is 9.00. The molecule has 1 saturated heterocycles. The van der Waals surface area contributed by atoms with Gasteiger partial charge in [0, 0.05) is 62.4 Å². The first-order valence-corrected chi connectivity index (χ1v) is 11.9. The van der Waals surface area contributed by atoms with Gasteiger partial charge in [0.25, 0.3) is 0 Å². The first-order valence-electron chi connectivity index (χ1n) is 11.9. The lowest BCUT2D eigenvalue weighted by Crippen LogP contribution is -2.48. The minimum Gasteiger partial charge on any atom is -0.456 e. The fraction of sp³-hybridized carbons (Fsp3) is 0.370. The Labute approximate surface area is 201 Å². The normalized spacial score (nSPS) is 15.6. The molecule has 1 unspecified atom stereocenters. The number of benzene rings is 1. The number of aryl methyl sites for hydroxylation is 1. The maximum atomic E-state index is 11.4. The van der Waals surface area contributed by atoms with Crippen LogP contribution in [-0.4, -0.2) is 45.9 Å². The van der Waals surface area contributed by atoms with Crippen LogP contribution in [0.15, 0.2) is 67.3 Å². The molecule has 1 amide bonds. The second kappa shape index (κ2) is 11.1. The first kappa shape index (κ1) is 23.7. The van der Waals surface area contributed by atoms with E-state index in [-0.39, 0.29) is 11.9 Å². The van der Waals surface area contributed by atoms with Crippen LogP contribution < -0.4 is 15.4 Å². The maximum Gasteiger partial charge on any atom is 0.218 e. The third-order valence-corrected chi connectivity index (χ3v) is 6.59. The van der Waals surface area contributed by atoms with Gasteiger partial charge in [0.2, 0.25) is 5.91 Å². The molecule has 1 aliphatic rings. The average molecular weight is 460 g/mol. The summed E-state index contributed by atoms with van der Waals surface area (Å²) < 4.78 is 5.93. The van der Waals surface area contributed by atoms with Crippen molar-refractivity contribution in [3.05, 3.63) is 78.4 Å². The van der Waals surface area contributed by atoms with E-state index in [1.165, 1.54) is 11.1 Å². The van der Waals surface area contributed by atoms with Crippen LogP contribution in [0.3, 0.4) is 0 Å². The van der Waals surface area contributed by atoms with E-state index >= 15 is 0 Å². The highest BCUT2D eigenvalue weighted by Crippen LogP contribution is 2.30. The molecule has 0 aliphatic carbocycles. The van der Waals surface area contributed by atoms with E-state index in [2.05, 4.69) is 51.8 Å². The molecule has 0 bridgehead atoms. The summed E-state index contributed by atoms with van der Waals surface area (Å²) in [5.74, 6) is 1.26. The Balaban J connectivity index is 1.50. The van der Waals surface area contributed by atoms with E-state index in [1.54, 1.807) is 12.4 Å². The lowest BCUT2D eigenvalue weighted by molar-refractivity contribution is -0.119. The van der Waals surface area contributed by atoms with Crippen LogP contribution in [0.2, 0.25) is 0 Å². The minimum absolute atomic E-state index is 0.177. The molecule has 7 heteroatoms. The van der Waals surface area contributed by atoms with Gasteiger partial charge in [0.15, 0.2) is 0 Å². The smallest absolute Gasteiger partial charge is 0.218 e. The van der Waals surface area contributed by atoms with Gasteiger partial charge in [-0.15, -0.1) is 0 Å². The van der Waals surface area contributed by atoms with Gasteiger partial charge in [0.05, 0.1) is 6.20 Å². The molecular weight excluding hydrogens is 426 g/mol. The predicted octanol–water partition coefficient (Wildman–Crippen LogP) is 4.31. The number of primary amides is 1. The van der Waals surface area contributed by atoms with E-state index in [1.807, 2.05) is 36.7 Å². The number of hydrogen-bond acceptors (Lipinski definition) is 6. The zero-order valence-electron chi connectivity index (χ0n) is 19.9. The van der Waals surface area contributed by atoms with E-state index in [9.17, 15) is 4.79 Å². The molecule has 3 aromatic rings. The molecule has 3 heterocycles. The predicted molar refractivity (Wildman–Crippen MR) is 134 cm³/mol. The van der Waals surface area contributed by atoms with Crippen molar-refractivity contribution in [2.24, 2.45) is 5.73 Å². The number of ether oxygens (including phenoxy) is 1. The molecule has 1 aromatic carbocycles. The summed E-state index contributed by atoms with van der Waals surface area (Å²) >= 11 is 0. The summed E-state index contributed by atoms with van der Waals surface area (Å²) in [6, 6.07) is 14.7. The van der Waals surface area contributed by atoms with Crippen LogP contribution in [0.5, 0.6) is 11.5 Å². The van der Waals surface area contributed by atoms with Crippen molar-refractivity contribution < 1.29 is 9.53 Å². The fourth-order valence-electron chi connectivity index (χ4n) is 4.58. The zero-order valence-corrected chi connectivity index (χ0v) is 19.9. The number of pyridine rings is 2. The van der Waals surface area contributed by atoms with Gasteiger partial charge in [-0.3, -0.25) is 19.7 Å². The molecule has 4 rings (SSSR count). The fourth-order valence-corrected chi connectivity index (χ4v) is 4.58. The van der Waals surface area contributed by atoms with Crippen molar-refractivity contribution in [3.8, 4) is 11.5 Å². The number of hydrogen-bond donors (Lipinski definition) is 1. The highest BCUT2D eigenvalue weighted by Gasteiger charge is 2.28. The number of aromatic nitrogens is 2. The van der Waals surface area contributed by atoms with Gasteiger partial charge in [0.1, 0.15) is 11.5 Å². The Kier molecular flexibility index (Phi) is 7.75. The summed E-state index contributed by atoms with van der Waals surface area (Å²) in [6.45, 7) is 6.91. The quantitative estimate of drug-likeness (QED) is 0.513. The minimum atomic E-state index is -0.239. The summed E-state index contributed by atoms with van der Waals surface area (Å²) in [7, 11) is 0. The van der Waals surface area contributed by atoms with Gasteiger partial charge in [-0.2, -0.15) is 0 Å². The zero-order chi connectivity index (χ0) is 23.9. The van der Waals surface area contributed by atoms with E-state index in [0.29, 0.717) is 12.5 Å². The number of nitrogens with two attached hydrogens (primary N) is 1. The molecule has 1 fully saturated rings. The Morgan fingerprint density at radius 2 is 1.82 bits per heavy atom. The van der Waals surface area contributed by atoms with Crippen LogP contribution in [-0.2, 0) is 11.3 Å². The first-order chi connectivity index (χ1) is 16.5. The number of carbonyl (C=O) groups is 1. The number of likely N-dealkylation sites (tertiary alicyclic amines) is 1. The summed E-state index contributed by atoms with van der Waals surface area (Å²) in [6.07, 6.45) is 9.69. The molecule has 2 aromatic heterocycles. The standard InChI is InChI=1S/C27H33N5O2/c1-20-9-13-30-17-22(20)19-32(24-10-14-31(15-11-24)21(2)16-27(28)33)23-5-7-25(8-6-23)34-26-4-3-12-29-18-26/h3-9,12-13,17-18,21,24H,10-11,14-16,19H2,1-2H3,(H2,28,33). The monoisotopic (exact) mass is 459 g/mol. The van der Waals surface area contributed by atoms with Gasteiger partial charge in [-0.05, 0) is 80.3 Å². The third-order valence-electron chi connectivity index (χ3n) is 6.59. The van der Waals surface area contributed by atoms with Gasteiger partial charge < -0.3 is 15.4 Å². The lowest BCUT2D eigenvalue weighted by atomic mass is 9.99. The van der Waals surface area contributed by atoms with Crippen LogP contribution >= 0.6 is 0 Å². The van der Waals surface area contributed by atoms with Gasteiger partial charge in [-0.25, -0.2) is 0 Å². The molecule has 7 nitrogen and oxygen atoms in total. The summed E-state index contributed by atoms with van der Waals surface area (Å²) in [4.78, 5) is 24.7. The molecule has 0 spiro atoms. The average Bonchev–Trinajstić information content (AvgIpc) is 2.85. The molecule has 1 atom stereocenters. The highest BCUT2D eigenvalue weighted by molar-refractivity contribution is 5.74. The molecule has 178 valence electrons. The molecule has 0 radical (unpaired) electrons. The number of rotatable bonds is 9. The van der Waals surface area contributed by atoms with Crippen molar-refractivity contribution in [2.75, 3.05) is 18.0 Å². The molecule has 2 N–H and O–H groups in total. The lowest BCUT2D eigenvalue weighted by Gasteiger charge is -2.41. The largest absolute Gasteiger partial charge is 0.456 e. The van der Waals surface area contributed by atoms with Crippen molar-refractivity contribution >= 4 is 11.6 Å². The Morgan fingerprint density at radius 3 is 2.47 bits per heavy atom. The maximum absolute atomic E-state index is 11.4. The molecule has 0 saturated carbocycles. The summed E-state index contributed by atoms with van der Waals surface area (Å²) in [5.41, 5.74) is 9.04.